The topological polar surface area (TPSA) is 40.5 Å². The summed E-state index contributed by atoms with van der Waals surface area (Å²) in [5.74, 6) is -0.251. The van der Waals surface area contributed by atoms with E-state index in [0.29, 0.717) is 13.0 Å². The number of hydrogen-bond donors (Lipinski definition) is 1. The van der Waals surface area contributed by atoms with E-state index in [4.69, 9.17) is 0 Å². The van der Waals surface area contributed by atoms with Gasteiger partial charge in [-0.3, -0.25) is 9.69 Å². The van der Waals surface area contributed by atoms with Gasteiger partial charge in [-0.25, -0.2) is 4.39 Å². The van der Waals surface area contributed by atoms with Crippen LogP contribution in [0.1, 0.15) is 12.6 Å². The molecule has 1 amide bonds. The summed E-state index contributed by atoms with van der Waals surface area (Å²) < 4.78 is 15.0. The van der Waals surface area contributed by atoms with E-state index in [-0.39, 0.29) is 11.7 Å². The number of carbonyl (C=O) groups excluding carboxylic acids is 1. The Labute approximate surface area is 154 Å². The van der Waals surface area contributed by atoms with E-state index in [1.165, 1.54) is 12.1 Å². The predicted molar refractivity (Wildman–Crippen MR) is 101 cm³/mol. The smallest absolute Gasteiger partial charge is 0.225 e. The molecule has 1 N–H and O–H groups in total. The highest BCUT2D eigenvalue weighted by atomic mass is 19.1. The number of likely N-dealkylation sites (N-methyl/N-ethyl adjacent to an activating group) is 1. The van der Waals surface area contributed by atoms with Crippen molar-refractivity contribution in [2.24, 2.45) is 0 Å². The van der Waals surface area contributed by atoms with Crippen LogP contribution >= 0.6 is 0 Å². The molecule has 1 aromatic carbocycles. The molecule has 1 saturated heterocycles. The number of carbonyl (C=O) groups is 1. The number of benzene rings is 1. The van der Waals surface area contributed by atoms with E-state index in [2.05, 4.69) is 22.0 Å². The molecule has 1 aromatic heterocycles. The Morgan fingerprint density at radius 2 is 1.77 bits per heavy atom. The average molecular weight is 358 g/mol. The molecule has 3 rings (SSSR count). The standard InChI is InChI=1S/C20H27FN4O/c1-2-23-12-14-24(15-13-23)11-9-22-20(26)16-19-4-3-10-25(19)18-7-5-17(21)6-8-18/h3-8,10H,2,9,11-16H2,1H3,(H,22,26). The summed E-state index contributed by atoms with van der Waals surface area (Å²) >= 11 is 0. The Kier molecular flexibility index (Phi) is 6.41. The summed E-state index contributed by atoms with van der Waals surface area (Å²) in [6, 6.07) is 10.1. The number of halogens is 1. The molecule has 0 spiro atoms. The third-order valence-corrected chi connectivity index (χ3v) is 4.94. The zero-order valence-corrected chi connectivity index (χ0v) is 15.3. The quantitative estimate of drug-likeness (QED) is 0.822. The molecular formula is C20H27FN4O. The van der Waals surface area contributed by atoms with Crippen molar-refractivity contribution in [1.29, 1.82) is 0 Å². The SMILES string of the molecule is CCN1CCN(CCNC(=O)Cc2cccn2-c2ccc(F)cc2)CC1. The van der Waals surface area contributed by atoms with E-state index in [0.717, 1.165) is 50.6 Å². The Morgan fingerprint density at radius 1 is 1.08 bits per heavy atom. The van der Waals surface area contributed by atoms with Crippen molar-refractivity contribution in [3.63, 3.8) is 0 Å². The number of aromatic nitrogens is 1. The van der Waals surface area contributed by atoms with Gasteiger partial charge in [-0.15, -0.1) is 0 Å². The molecule has 0 radical (unpaired) electrons. The second kappa shape index (κ2) is 8.96. The summed E-state index contributed by atoms with van der Waals surface area (Å²) in [5, 5.41) is 3.01. The van der Waals surface area contributed by atoms with E-state index < -0.39 is 0 Å². The molecule has 1 aliphatic rings. The number of rotatable bonds is 7. The predicted octanol–water partition coefficient (Wildman–Crippen LogP) is 1.91. The first-order valence-electron chi connectivity index (χ1n) is 9.29. The molecule has 0 bridgehead atoms. The van der Waals surface area contributed by atoms with Crippen molar-refractivity contribution >= 4 is 5.91 Å². The first-order chi connectivity index (χ1) is 12.7. The average Bonchev–Trinajstić information content (AvgIpc) is 3.11. The van der Waals surface area contributed by atoms with E-state index >= 15 is 0 Å². The van der Waals surface area contributed by atoms with Gasteiger partial charge in [0, 0.05) is 56.8 Å². The number of nitrogens with one attached hydrogen (secondary N) is 1. The van der Waals surface area contributed by atoms with Crippen molar-refractivity contribution < 1.29 is 9.18 Å². The fourth-order valence-corrected chi connectivity index (χ4v) is 3.32. The molecule has 0 atom stereocenters. The minimum absolute atomic E-state index is 0.0132. The lowest BCUT2D eigenvalue weighted by atomic mass is 10.2. The van der Waals surface area contributed by atoms with Crippen molar-refractivity contribution in [3.8, 4) is 5.69 Å². The molecule has 1 fully saturated rings. The molecule has 0 saturated carbocycles. The summed E-state index contributed by atoms with van der Waals surface area (Å²) in [6.45, 7) is 9.21. The number of piperazine rings is 1. The lowest BCUT2D eigenvalue weighted by molar-refractivity contribution is -0.120. The second-order valence-corrected chi connectivity index (χ2v) is 6.65. The minimum atomic E-state index is -0.264. The Bertz CT molecular complexity index is 705. The minimum Gasteiger partial charge on any atom is -0.354 e. The van der Waals surface area contributed by atoms with Crippen LogP contribution in [0.2, 0.25) is 0 Å². The van der Waals surface area contributed by atoms with Gasteiger partial charge in [0.15, 0.2) is 0 Å². The third kappa shape index (κ3) is 4.93. The molecule has 140 valence electrons. The molecule has 1 aliphatic heterocycles. The second-order valence-electron chi connectivity index (χ2n) is 6.65. The van der Waals surface area contributed by atoms with Gasteiger partial charge in [0.1, 0.15) is 5.82 Å². The Balaban J connectivity index is 1.46. The maximum absolute atomic E-state index is 13.1. The van der Waals surface area contributed by atoms with Crippen LogP contribution in [-0.4, -0.2) is 66.1 Å². The first-order valence-corrected chi connectivity index (χ1v) is 9.29. The zero-order chi connectivity index (χ0) is 18.4. The van der Waals surface area contributed by atoms with Crippen LogP contribution in [0.3, 0.4) is 0 Å². The van der Waals surface area contributed by atoms with E-state index in [1.807, 2.05) is 22.9 Å². The molecule has 2 heterocycles. The molecule has 26 heavy (non-hydrogen) atoms. The van der Waals surface area contributed by atoms with Gasteiger partial charge < -0.3 is 14.8 Å². The lowest BCUT2D eigenvalue weighted by Crippen LogP contribution is -2.48. The van der Waals surface area contributed by atoms with Gasteiger partial charge in [-0.2, -0.15) is 0 Å². The monoisotopic (exact) mass is 358 g/mol. The number of nitrogens with zero attached hydrogens (tertiary/aromatic N) is 3. The van der Waals surface area contributed by atoms with Crippen LogP contribution in [0.5, 0.6) is 0 Å². The van der Waals surface area contributed by atoms with Crippen LogP contribution in [0.25, 0.3) is 5.69 Å². The van der Waals surface area contributed by atoms with Gasteiger partial charge in [-0.05, 0) is 42.9 Å². The largest absolute Gasteiger partial charge is 0.354 e. The van der Waals surface area contributed by atoms with Crippen molar-refractivity contribution in [3.05, 3.63) is 54.1 Å². The Hall–Kier alpha value is -2.18. The fraction of sp³-hybridized carbons (Fsp3) is 0.450. The molecule has 0 aliphatic carbocycles. The van der Waals surface area contributed by atoms with Gasteiger partial charge in [0.05, 0.1) is 6.42 Å². The molecule has 2 aromatic rings. The summed E-state index contributed by atoms with van der Waals surface area (Å²) in [4.78, 5) is 17.1. The maximum Gasteiger partial charge on any atom is 0.225 e. The Morgan fingerprint density at radius 3 is 2.46 bits per heavy atom. The summed E-state index contributed by atoms with van der Waals surface area (Å²) in [7, 11) is 0. The van der Waals surface area contributed by atoms with E-state index in [1.54, 1.807) is 12.1 Å². The normalized spacial score (nSPS) is 15.9. The van der Waals surface area contributed by atoms with Crippen LogP contribution in [0, 0.1) is 5.82 Å². The van der Waals surface area contributed by atoms with Crippen molar-refractivity contribution in [2.45, 2.75) is 13.3 Å². The van der Waals surface area contributed by atoms with Gasteiger partial charge in [-0.1, -0.05) is 6.92 Å². The summed E-state index contributed by atoms with van der Waals surface area (Å²) in [5.41, 5.74) is 1.75. The van der Waals surface area contributed by atoms with Crippen LogP contribution in [-0.2, 0) is 11.2 Å². The number of hydrogen-bond acceptors (Lipinski definition) is 3. The van der Waals surface area contributed by atoms with Crippen molar-refractivity contribution in [2.75, 3.05) is 45.8 Å². The highest BCUT2D eigenvalue weighted by Crippen LogP contribution is 2.14. The van der Waals surface area contributed by atoms with Gasteiger partial charge >= 0.3 is 0 Å². The molecule has 6 heteroatoms. The molecule has 5 nitrogen and oxygen atoms in total. The molecule has 0 unspecified atom stereocenters. The summed E-state index contributed by atoms with van der Waals surface area (Å²) in [6.07, 6.45) is 2.21. The van der Waals surface area contributed by atoms with Crippen LogP contribution < -0.4 is 5.32 Å². The highest BCUT2D eigenvalue weighted by Gasteiger charge is 2.15. The third-order valence-electron chi connectivity index (χ3n) is 4.94. The van der Waals surface area contributed by atoms with E-state index in [9.17, 15) is 9.18 Å². The maximum atomic E-state index is 13.1. The fourth-order valence-electron chi connectivity index (χ4n) is 3.32. The first kappa shape index (κ1) is 18.6. The van der Waals surface area contributed by atoms with Gasteiger partial charge in [0.2, 0.25) is 5.91 Å². The zero-order valence-electron chi connectivity index (χ0n) is 15.3. The lowest BCUT2D eigenvalue weighted by Gasteiger charge is -2.33. The van der Waals surface area contributed by atoms with Crippen LogP contribution in [0.15, 0.2) is 42.6 Å². The van der Waals surface area contributed by atoms with Crippen molar-refractivity contribution in [1.82, 2.24) is 19.7 Å². The van der Waals surface area contributed by atoms with Crippen LogP contribution in [0.4, 0.5) is 4.39 Å². The van der Waals surface area contributed by atoms with Gasteiger partial charge in [0.25, 0.3) is 0 Å². The molecular weight excluding hydrogens is 331 g/mol. The number of amides is 1. The highest BCUT2D eigenvalue weighted by molar-refractivity contribution is 5.78.